The van der Waals surface area contributed by atoms with E-state index < -0.39 is 24.2 Å². The number of ether oxygens (including phenoxy) is 3. The zero-order valence-corrected chi connectivity index (χ0v) is 22.3. The second kappa shape index (κ2) is 14.4. The van der Waals surface area contributed by atoms with Crippen LogP contribution < -0.4 is 20.5 Å². The van der Waals surface area contributed by atoms with Crippen LogP contribution >= 0.6 is 0 Å². The number of carbonyl (C=O) groups is 2. The quantitative estimate of drug-likeness (QED) is 0.292. The van der Waals surface area contributed by atoms with Crippen LogP contribution in [0, 0.1) is 5.92 Å². The molecular formula is C28H45N3O5. The van der Waals surface area contributed by atoms with E-state index in [1.165, 1.54) is 12.8 Å². The van der Waals surface area contributed by atoms with E-state index >= 15 is 0 Å². The van der Waals surface area contributed by atoms with E-state index in [1.54, 1.807) is 0 Å². The number of hydrogen-bond donors (Lipinski definition) is 2. The van der Waals surface area contributed by atoms with Gasteiger partial charge < -0.3 is 30.2 Å². The van der Waals surface area contributed by atoms with Gasteiger partial charge in [-0.1, -0.05) is 52.5 Å². The topological polar surface area (TPSA) is 103 Å². The Morgan fingerprint density at radius 1 is 1.06 bits per heavy atom. The Kier molecular flexibility index (Phi) is 11.3. The Hall–Kier alpha value is -2.32. The average molecular weight is 504 g/mol. The molecule has 2 aliphatic heterocycles. The summed E-state index contributed by atoms with van der Waals surface area (Å²) in [6.07, 6.45) is 7.44. The smallest absolute Gasteiger partial charge is 0.323 e. The van der Waals surface area contributed by atoms with Gasteiger partial charge in [0.1, 0.15) is 25.4 Å². The Morgan fingerprint density at radius 3 is 2.44 bits per heavy atom. The molecule has 36 heavy (non-hydrogen) atoms. The second-order valence-electron chi connectivity index (χ2n) is 10.4. The van der Waals surface area contributed by atoms with Gasteiger partial charge in [0.25, 0.3) is 0 Å². The number of likely N-dealkylation sites (tertiary alicyclic amines) is 1. The van der Waals surface area contributed by atoms with Gasteiger partial charge >= 0.3 is 5.97 Å². The van der Waals surface area contributed by atoms with Crippen molar-refractivity contribution in [3.05, 3.63) is 23.8 Å². The van der Waals surface area contributed by atoms with Crippen LogP contribution in [0.3, 0.4) is 0 Å². The second-order valence-corrected chi connectivity index (χ2v) is 10.4. The number of rotatable bonds is 14. The number of carbonyl (C=O) groups excluding carboxylic acids is 2. The fraction of sp³-hybridized carbons (Fsp3) is 0.714. The fourth-order valence-corrected chi connectivity index (χ4v) is 4.72. The molecule has 1 aromatic rings. The van der Waals surface area contributed by atoms with Crippen LogP contribution in [0.15, 0.2) is 18.2 Å². The van der Waals surface area contributed by atoms with E-state index in [0.717, 1.165) is 50.8 Å². The van der Waals surface area contributed by atoms with Crippen LogP contribution in [0.2, 0.25) is 0 Å². The van der Waals surface area contributed by atoms with Crippen molar-refractivity contribution in [2.24, 2.45) is 11.7 Å². The van der Waals surface area contributed by atoms with Gasteiger partial charge in [-0.05, 0) is 56.0 Å². The number of benzene rings is 1. The summed E-state index contributed by atoms with van der Waals surface area (Å²) in [5.74, 6) is 0.747. The predicted octanol–water partition coefficient (Wildman–Crippen LogP) is 3.97. The van der Waals surface area contributed by atoms with Crippen LogP contribution in [-0.4, -0.2) is 61.7 Å². The van der Waals surface area contributed by atoms with Crippen molar-refractivity contribution in [2.45, 2.75) is 90.3 Å². The van der Waals surface area contributed by atoms with E-state index in [9.17, 15) is 9.59 Å². The van der Waals surface area contributed by atoms with Crippen LogP contribution in [0.5, 0.6) is 11.5 Å². The molecule has 0 spiro atoms. The zero-order valence-electron chi connectivity index (χ0n) is 22.3. The van der Waals surface area contributed by atoms with Crippen molar-refractivity contribution in [3.63, 3.8) is 0 Å². The molecule has 202 valence electrons. The zero-order chi connectivity index (χ0) is 25.9. The number of unbranched alkanes of at least 4 members (excludes halogenated alkanes) is 4. The number of hydrogen-bond acceptors (Lipinski definition) is 7. The van der Waals surface area contributed by atoms with E-state index in [0.29, 0.717) is 37.7 Å². The first-order valence-electron chi connectivity index (χ1n) is 13.8. The Labute approximate surface area is 216 Å². The average Bonchev–Trinajstić information content (AvgIpc) is 3.39. The first kappa shape index (κ1) is 28.3. The highest BCUT2D eigenvalue weighted by Crippen LogP contribution is 2.35. The third-order valence-electron chi connectivity index (χ3n) is 7.00. The molecule has 8 nitrogen and oxygen atoms in total. The van der Waals surface area contributed by atoms with Gasteiger partial charge in [0.15, 0.2) is 11.5 Å². The predicted molar refractivity (Wildman–Crippen MR) is 140 cm³/mol. The molecular weight excluding hydrogens is 458 g/mol. The van der Waals surface area contributed by atoms with Crippen LogP contribution in [0.4, 0.5) is 0 Å². The number of fused-ring (bicyclic) bond motifs is 1. The molecule has 1 unspecified atom stereocenters. The maximum Gasteiger partial charge on any atom is 0.323 e. The summed E-state index contributed by atoms with van der Waals surface area (Å²) in [5, 5.41) is 3.22. The molecule has 1 saturated heterocycles. The lowest BCUT2D eigenvalue weighted by Gasteiger charge is -2.33. The minimum atomic E-state index is -0.744. The van der Waals surface area contributed by atoms with E-state index in [1.807, 2.05) is 32.0 Å². The molecule has 3 N–H and O–H groups in total. The van der Waals surface area contributed by atoms with Gasteiger partial charge in [-0.3, -0.25) is 9.59 Å². The largest absolute Gasteiger partial charge is 0.486 e. The standard InChI is InChI=1S/C28H45N3O5/c1-4-5-6-7-8-11-25(32)30-22(19-31-14-9-10-15-31)27(36-28(33)26(29)20(2)3)21-12-13-23-24(18-21)35-17-16-34-23/h12-13,18,20,22,26-27H,4-11,14-17,19,29H2,1-3H3,(H,30,32)/t22-,26?,27-/m1/s1. The summed E-state index contributed by atoms with van der Waals surface area (Å²) < 4.78 is 17.6. The molecule has 0 saturated carbocycles. The minimum Gasteiger partial charge on any atom is -0.486 e. The van der Waals surface area contributed by atoms with Gasteiger partial charge in [0, 0.05) is 13.0 Å². The highest BCUT2D eigenvalue weighted by Gasteiger charge is 2.33. The Morgan fingerprint density at radius 2 is 1.75 bits per heavy atom. The highest BCUT2D eigenvalue weighted by molar-refractivity contribution is 5.77. The Bertz CT molecular complexity index is 840. The molecule has 0 aliphatic carbocycles. The fourth-order valence-electron chi connectivity index (χ4n) is 4.72. The summed E-state index contributed by atoms with van der Waals surface area (Å²) in [7, 11) is 0. The number of nitrogens with two attached hydrogens (primary N) is 1. The molecule has 2 heterocycles. The van der Waals surface area contributed by atoms with Gasteiger partial charge in [-0.15, -0.1) is 0 Å². The number of amides is 1. The van der Waals surface area contributed by atoms with Crippen molar-refractivity contribution < 1.29 is 23.8 Å². The van der Waals surface area contributed by atoms with E-state index in [2.05, 4.69) is 17.1 Å². The molecule has 0 aromatic heterocycles. The SMILES string of the molecule is CCCCCCCC(=O)N[C@H](CN1CCCC1)[C@H](OC(=O)C(N)C(C)C)c1ccc2c(c1)OCCO2. The summed E-state index contributed by atoms with van der Waals surface area (Å²) in [4.78, 5) is 28.4. The minimum absolute atomic E-state index is 0.0116. The molecule has 3 rings (SSSR count). The third-order valence-corrected chi connectivity index (χ3v) is 7.00. The maximum atomic E-state index is 13.0. The molecule has 3 atom stereocenters. The molecule has 0 bridgehead atoms. The van der Waals surface area contributed by atoms with Crippen LogP contribution in [-0.2, 0) is 14.3 Å². The first-order chi connectivity index (χ1) is 17.4. The van der Waals surface area contributed by atoms with Crippen molar-refractivity contribution >= 4 is 11.9 Å². The van der Waals surface area contributed by atoms with Gasteiger partial charge in [-0.2, -0.15) is 0 Å². The summed E-state index contributed by atoms with van der Waals surface area (Å²) in [5.41, 5.74) is 6.91. The van der Waals surface area contributed by atoms with Crippen molar-refractivity contribution in [1.82, 2.24) is 10.2 Å². The van der Waals surface area contributed by atoms with Crippen molar-refractivity contribution in [2.75, 3.05) is 32.8 Å². The summed E-state index contributed by atoms with van der Waals surface area (Å²) in [6.45, 7) is 9.48. The number of nitrogens with one attached hydrogen (secondary N) is 1. The van der Waals surface area contributed by atoms with Gasteiger partial charge in [0.05, 0.1) is 6.04 Å². The van der Waals surface area contributed by atoms with Crippen molar-refractivity contribution in [3.8, 4) is 11.5 Å². The molecule has 1 aromatic carbocycles. The molecule has 2 aliphatic rings. The lowest BCUT2D eigenvalue weighted by molar-refractivity contribution is -0.155. The molecule has 0 radical (unpaired) electrons. The van der Waals surface area contributed by atoms with Crippen LogP contribution in [0.1, 0.15) is 83.8 Å². The number of esters is 1. The Balaban J connectivity index is 1.83. The molecule has 1 amide bonds. The lowest BCUT2D eigenvalue weighted by Crippen LogP contribution is -2.49. The van der Waals surface area contributed by atoms with Gasteiger partial charge in [-0.25, -0.2) is 0 Å². The highest BCUT2D eigenvalue weighted by atomic mass is 16.6. The molecule has 1 fully saturated rings. The summed E-state index contributed by atoms with van der Waals surface area (Å²) >= 11 is 0. The lowest BCUT2D eigenvalue weighted by atomic mass is 9.99. The third kappa shape index (κ3) is 8.37. The van der Waals surface area contributed by atoms with Crippen molar-refractivity contribution in [1.29, 1.82) is 0 Å². The number of nitrogens with zero attached hydrogens (tertiary/aromatic N) is 1. The normalized spacial score (nSPS) is 18.0. The van der Waals surface area contributed by atoms with E-state index in [4.69, 9.17) is 19.9 Å². The maximum absolute atomic E-state index is 13.0. The van der Waals surface area contributed by atoms with E-state index in [-0.39, 0.29) is 11.8 Å². The summed E-state index contributed by atoms with van der Waals surface area (Å²) in [6, 6.07) is 4.44. The monoisotopic (exact) mass is 503 g/mol. The van der Waals surface area contributed by atoms with Crippen LogP contribution in [0.25, 0.3) is 0 Å². The first-order valence-corrected chi connectivity index (χ1v) is 13.8. The van der Waals surface area contributed by atoms with Gasteiger partial charge in [0.2, 0.25) is 5.91 Å². The molecule has 8 heteroatoms.